The van der Waals surface area contributed by atoms with Crippen LogP contribution in [0.3, 0.4) is 0 Å². The van der Waals surface area contributed by atoms with Crippen molar-refractivity contribution in [2.24, 2.45) is 0 Å². The van der Waals surface area contributed by atoms with Crippen LogP contribution in [0.25, 0.3) is 0 Å². The molecule has 0 bridgehead atoms. The summed E-state index contributed by atoms with van der Waals surface area (Å²) in [7, 11) is 0. The second kappa shape index (κ2) is 9.82. The van der Waals surface area contributed by atoms with E-state index in [0.29, 0.717) is 30.6 Å². The van der Waals surface area contributed by atoms with Crippen molar-refractivity contribution in [2.75, 3.05) is 36.0 Å². The van der Waals surface area contributed by atoms with Crippen LogP contribution in [0.2, 0.25) is 0 Å². The Bertz CT molecular complexity index is 1070. The zero-order valence-electron chi connectivity index (χ0n) is 19.8. The molecule has 9 heteroatoms. The van der Waals surface area contributed by atoms with Gasteiger partial charge in [0.25, 0.3) is 5.24 Å². The molecule has 2 saturated heterocycles. The number of piperidine rings is 1. The number of nitrogens with zero attached hydrogens (tertiary/aromatic N) is 5. The Kier molecular flexibility index (Phi) is 6.63. The standard InChI is InChI=1S/C25H31N5O3S/c1-17(2)34-25(32)28-11-8-20(9-12-28)33-23-15-22(26-16-27-23)30-13-7-18-14-19(5-6-21(18)30)29-10-3-4-24(29)31/h5-6,14-17,20H,3-4,7-13H2,1-2H3. The number of likely N-dealkylation sites (tertiary alicyclic amines) is 1. The first-order valence-electron chi connectivity index (χ1n) is 12.1. The van der Waals surface area contributed by atoms with E-state index in [2.05, 4.69) is 27.0 Å². The number of aromatic nitrogens is 2. The number of fused-ring (bicyclic) bond motifs is 1. The number of rotatable bonds is 5. The molecule has 0 spiro atoms. The van der Waals surface area contributed by atoms with E-state index < -0.39 is 0 Å². The minimum absolute atomic E-state index is 0.0438. The lowest BCUT2D eigenvalue weighted by Gasteiger charge is -2.32. The Balaban J connectivity index is 1.23. The topological polar surface area (TPSA) is 78.9 Å². The first-order valence-corrected chi connectivity index (χ1v) is 13.0. The van der Waals surface area contributed by atoms with Gasteiger partial charge in [0.05, 0.1) is 0 Å². The van der Waals surface area contributed by atoms with Gasteiger partial charge in [-0.3, -0.25) is 9.59 Å². The molecule has 0 unspecified atom stereocenters. The number of benzene rings is 1. The highest BCUT2D eigenvalue weighted by Gasteiger charge is 2.28. The Morgan fingerprint density at radius 2 is 1.88 bits per heavy atom. The van der Waals surface area contributed by atoms with Crippen LogP contribution in [0, 0.1) is 0 Å². The predicted octanol–water partition coefficient (Wildman–Crippen LogP) is 4.40. The molecule has 2 amide bonds. The minimum atomic E-state index is 0.0438. The molecule has 0 atom stereocenters. The van der Waals surface area contributed by atoms with E-state index in [0.717, 1.165) is 56.0 Å². The summed E-state index contributed by atoms with van der Waals surface area (Å²) in [5.41, 5.74) is 3.34. The molecule has 2 aromatic rings. The fourth-order valence-corrected chi connectivity index (χ4v) is 5.60. The van der Waals surface area contributed by atoms with Crippen LogP contribution in [0.4, 0.5) is 22.0 Å². The third-order valence-corrected chi connectivity index (χ3v) is 7.50. The number of carbonyl (C=O) groups excluding carboxylic acids is 2. The molecule has 1 aromatic heterocycles. The first-order chi connectivity index (χ1) is 16.5. The molecule has 0 N–H and O–H groups in total. The maximum atomic E-state index is 12.3. The molecule has 0 aliphatic carbocycles. The lowest BCUT2D eigenvalue weighted by atomic mass is 10.1. The van der Waals surface area contributed by atoms with Crippen LogP contribution in [-0.4, -0.2) is 63.5 Å². The van der Waals surface area contributed by atoms with Gasteiger partial charge in [-0.05, 0) is 36.6 Å². The summed E-state index contributed by atoms with van der Waals surface area (Å²) < 4.78 is 6.18. The number of amides is 2. The number of carbonyl (C=O) groups is 2. The van der Waals surface area contributed by atoms with Crippen LogP contribution >= 0.6 is 11.8 Å². The van der Waals surface area contributed by atoms with Gasteiger partial charge in [-0.1, -0.05) is 25.6 Å². The molecule has 0 radical (unpaired) electrons. The highest BCUT2D eigenvalue weighted by molar-refractivity contribution is 8.14. The van der Waals surface area contributed by atoms with Crippen LogP contribution in [0.1, 0.15) is 45.1 Å². The highest BCUT2D eigenvalue weighted by atomic mass is 32.2. The third kappa shape index (κ3) is 4.85. The average molecular weight is 482 g/mol. The molecule has 180 valence electrons. The van der Waals surface area contributed by atoms with E-state index in [1.54, 1.807) is 6.33 Å². The SMILES string of the molecule is CC(C)SC(=O)N1CCC(Oc2cc(N3CCc4cc(N5CCCC5=O)ccc43)ncn2)CC1. The first kappa shape index (κ1) is 23.0. The number of thioether (sulfide) groups is 1. The second-order valence-electron chi connectivity index (χ2n) is 9.31. The van der Waals surface area contributed by atoms with E-state index >= 15 is 0 Å². The minimum Gasteiger partial charge on any atom is -0.474 e. The van der Waals surface area contributed by atoms with E-state index in [4.69, 9.17) is 4.74 Å². The van der Waals surface area contributed by atoms with Crippen LogP contribution < -0.4 is 14.5 Å². The van der Waals surface area contributed by atoms with Gasteiger partial charge in [-0.25, -0.2) is 9.97 Å². The van der Waals surface area contributed by atoms with Gasteiger partial charge in [0.15, 0.2) is 0 Å². The lowest BCUT2D eigenvalue weighted by Crippen LogP contribution is -2.40. The van der Waals surface area contributed by atoms with Crippen molar-refractivity contribution < 1.29 is 14.3 Å². The van der Waals surface area contributed by atoms with Crippen LogP contribution in [0.5, 0.6) is 5.88 Å². The Morgan fingerprint density at radius 1 is 1.06 bits per heavy atom. The third-order valence-electron chi connectivity index (χ3n) is 6.57. The number of ether oxygens (including phenoxy) is 1. The monoisotopic (exact) mass is 481 g/mol. The molecule has 3 aliphatic heterocycles. The van der Waals surface area contributed by atoms with Crippen LogP contribution in [0.15, 0.2) is 30.6 Å². The van der Waals surface area contributed by atoms with Gasteiger partial charge in [0.2, 0.25) is 11.8 Å². The van der Waals surface area contributed by atoms with Crippen molar-refractivity contribution in [3.8, 4) is 5.88 Å². The van der Waals surface area contributed by atoms with Gasteiger partial charge in [-0.2, -0.15) is 0 Å². The van der Waals surface area contributed by atoms with Crippen molar-refractivity contribution >= 4 is 40.1 Å². The van der Waals surface area contributed by atoms with Crippen LogP contribution in [-0.2, 0) is 11.2 Å². The molecule has 8 nitrogen and oxygen atoms in total. The fourth-order valence-electron chi connectivity index (χ4n) is 4.86. The quantitative estimate of drug-likeness (QED) is 0.626. The van der Waals surface area contributed by atoms with Gasteiger partial charge in [0.1, 0.15) is 18.2 Å². The van der Waals surface area contributed by atoms with Gasteiger partial charge in [-0.15, -0.1) is 0 Å². The zero-order valence-corrected chi connectivity index (χ0v) is 20.6. The Hall–Kier alpha value is -2.81. The number of hydrogen-bond acceptors (Lipinski definition) is 7. The van der Waals surface area contributed by atoms with E-state index in [-0.39, 0.29) is 17.3 Å². The molecule has 5 rings (SSSR count). The molecule has 3 aliphatic rings. The van der Waals surface area contributed by atoms with E-state index in [9.17, 15) is 9.59 Å². The maximum absolute atomic E-state index is 12.3. The molecular weight excluding hydrogens is 450 g/mol. The van der Waals surface area contributed by atoms with Crippen molar-refractivity contribution in [1.82, 2.24) is 14.9 Å². The summed E-state index contributed by atoms with van der Waals surface area (Å²) in [5.74, 6) is 1.59. The lowest BCUT2D eigenvalue weighted by molar-refractivity contribution is -0.117. The molecule has 1 aromatic carbocycles. The Morgan fingerprint density at radius 3 is 2.62 bits per heavy atom. The summed E-state index contributed by atoms with van der Waals surface area (Å²) in [5, 5.41) is 0.452. The van der Waals surface area contributed by atoms with Crippen molar-refractivity contribution in [3.05, 3.63) is 36.2 Å². The molecule has 4 heterocycles. The summed E-state index contributed by atoms with van der Waals surface area (Å²) in [6, 6.07) is 8.17. The maximum Gasteiger partial charge on any atom is 0.281 e. The molecule has 0 saturated carbocycles. The number of hydrogen-bond donors (Lipinski definition) is 0. The molecular formula is C25H31N5O3S. The number of anilines is 3. The summed E-state index contributed by atoms with van der Waals surface area (Å²) in [6.45, 7) is 7.13. The van der Waals surface area contributed by atoms with Crippen molar-refractivity contribution in [3.63, 3.8) is 0 Å². The highest BCUT2D eigenvalue weighted by Crippen LogP contribution is 2.37. The largest absolute Gasteiger partial charge is 0.474 e. The summed E-state index contributed by atoms with van der Waals surface area (Å²) >= 11 is 1.39. The molecule has 34 heavy (non-hydrogen) atoms. The Labute approximate surface area is 204 Å². The van der Waals surface area contributed by atoms with Gasteiger partial charge in [0, 0.05) is 68.1 Å². The fraction of sp³-hybridized carbons (Fsp3) is 0.520. The van der Waals surface area contributed by atoms with Gasteiger partial charge < -0.3 is 19.4 Å². The molecule has 2 fully saturated rings. The second-order valence-corrected chi connectivity index (χ2v) is 10.8. The average Bonchev–Trinajstić information content (AvgIpc) is 3.45. The van der Waals surface area contributed by atoms with Crippen molar-refractivity contribution in [2.45, 2.75) is 57.3 Å². The zero-order chi connectivity index (χ0) is 23.7. The van der Waals surface area contributed by atoms with Crippen molar-refractivity contribution in [1.29, 1.82) is 0 Å². The summed E-state index contributed by atoms with van der Waals surface area (Å²) in [6.07, 6.45) is 5.67. The summed E-state index contributed by atoms with van der Waals surface area (Å²) in [4.78, 5) is 39.2. The van der Waals surface area contributed by atoms with E-state index in [1.165, 1.54) is 17.3 Å². The van der Waals surface area contributed by atoms with E-state index in [1.807, 2.05) is 35.8 Å². The van der Waals surface area contributed by atoms with Gasteiger partial charge >= 0.3 is 0 Å². The smallest absolute Gasteiger partial charge is 0.281 e. The predicted molar refractivity (Wildman–Crippen MR) is 134 cm³/mol. The normalized spacial score (nSPS) is 18.7.